The van der Waals surface area contributed by atoms with Gasteiger partial charge in [0.1, 0.15) is 0 Å². The zero-order chi connectivity index (χ0) is 17.3. The van der Waals surface area contributed by atoms with Crippen LogP contribution < -0.4 is 0 Å². The van der Waals surface area contributed by atoms with Gasteiger partial charge >= 0.3 is 5.97 Å². The third kappa shape index (κ3) is 2.85. The van der Waals surface area contributed by atoms with Crippen LogP contribution in [0.1, 0.15) is 38.9 Å². The number of rotatable bonds is 4. The van der Waals surface area contributed by atoms with E-state index < -0.39 is 11.4 Å². The first kappa shape index (κ1) is 16.4. The van der Waals surface area contributed by atoms with Gasteiger partial charge in [-0.1, -0.05) is 24.3 Å². The van der Waals surface area contributed by atoms with Crippen molar-refractivity contribution in [2.75, 3.05) is 13.1 Å². The van der Waals surface area contributed by atoms with Crippen LogP contribution in [0.25, 0.3) is 0 Å². The van der Waals surface area contributed by atoms with Gasteiger partial charge in [0.2, 0.25) is 5.78 Å². The molecule has 0 spiro atoms. The Morgan fingerprint density at radius 3 is 2.42 bits per heavy atom. The summed E-state index contributed by atoms with van der Waals surface area (Å²) in [7, 11) is 0. The van der Waals surface area contributed by atoms with Gasteiger partial charge in [-0.15, -0.1) is 11.3 Å². The lowest BCUT2D eigenvalue weighted by Gasteiger charge is -2.21. The van der Waals surface area contributed by atoms with Crippen molar-refractivity contribution >= 4 is 29.0 Å². The van der Waals surface area contributed by atoms with Crippen LogP contribution in [0.15, 0.2) is 41.8 Å². The van der Waals surface area contributed by atoms with Crippen molar-refractivity contribution < 1.29 is 19.5 Å². The number of hydrogen-bond donors (Lipinski definition) is 1. The SMILES string of the molecule is C[C@]1(C(=O)O)CCN(C(=O)c2ccccc2C(=O)c2cccs2)C1. The molecule has 0 aliphatic carbocycles. The van der Waals surface area contributed by atoms with Crippen LogP contribution in [0.4, 0.5) is 0 Å². The lowest BCUT2D eigenvalue weighted by molar-refractivity contribution is -0.147. The summed E-state index contributed by atoms with van der Waals surface area (Å²) in [5.74, 6) is -1.38. The number of carbonyl (C=O) groups is 3. The maximum atomic E-state index is 12.8. The van der Waals surface area contributed by atoms with Gasteiger partial charge in [0.25, 0.3) is 5.91 Å². The van der Waals surface area contributed by atoms with Crippen LogP contribution in [-0.2, 0) is 4.79 Å². The molecule has 0 bridgehead atoms. The number of amides is 1. The minimum Gasteiger partial charge on any atom is -0.481 e. The summed E-state index contributed by atoms with van der Waals surface area (Å²) in [6, 6.07) is 10.2. The summed E-state index contributed by atoms with van der Waals surface area (Å²) in [4.78, 5) is 38.9. The van der Waals surface area contributed by atoms with Crippen molar-refractivity contribution in [1.82, 2.24) is 4.90 Å². The highest BCUT2D eigenvalue weighted by molar-refractivity contribution is 7.12. The lowest BCUT2D eigenvalue weighted by atomic mass is 9.90. The molecule has 1 saturated heterocycles. The fraction of sp³-hybridized carbons (Fsp3) is 0.278. The average Bonchev–Trinajstić information content (AvgIpc) is 3.24. The molecule has 3 rings (SSSR count). The molecular formula is C18H17NO4S. The minimum atomic E-state index is -0.928. The van der Waals surface area contributed by atoms with E-state index in [9.17, 15) is 19.5 Å². The van der Waals surface area contributed by atoms with E-state index in [1.165, 1.54) is 16.2 Å². The van der Waals surface area contributed by atoms with Gasteiger partial charge < -0.3 is 10.0 Å². The number of carbonyl (C=O) groups excluding carboxylic acids is 2. The minimum absolute atomic E-state index is 0.155. The fourth-order valence-electron chi connectivity index (χ4n) is 2.89. The van der Waals surface area contributed by atoms with Gasteiger partial charge in [-0.25, -0.2) is 0 Å². The highest BCUT2D eigenvalue weighted by atomic mass is 32.1. The number of ketones is 1. The number of likely N-dealkylation sites (tertiary alicyclic amines) is 1. The van der Waals surface area contributed by atoms with Gasteiger partial charge in [0.05, 0.1) is 15.9 Å². The Hall–Kier alpha value is -2.47. The van der Waals surface area contributed by atoms with Crippen LogP contribution in [-0.4, -0.2) is 40.8 Å². The van der Waals surface area contributed by atoms with Crippen LogP contribution >= 0.6 is 11.3 Å². The largest absolute Gasteiger partial charge is 0.481 e. The maximum absolute atomic E-state index is 12.8. The first-order valence-electron chi connectivity index (χ1n) is 7.62. The molecule has 1 aromatic carbocycles. The number of benzene rings is 1. The summed E-state index contributed by atoms with van der Waals surface area (Å²) in [6.07, 6.45) is 0.412. The molecule has 5 nitrogen and oxygen atoms in total. The van der Waals surface area contributed by atoms with Crippen LogP contribution in [0.3, 0.4) is 0 Å². The molecular weight excluding hydrogens is 326 g/mol. The van der Waals surface area contributed by atoms with Gasteiger partial charge in [-0.2, -0.15) is 0 Å². The van der Waals surface area contributed by atoms with Gasteiger partial charge in [0.15, 0.2) is 0 Å². The number of thiophene rings is 1. The van der Waals surface area contributed by atoms with E-state index in [4.69, 9.17) is 0 Å². The second-order valence-electron chi connectivity index (χ2n) is 6.19. The number of carboxylic acid groups (broad SMARTS) is 1. The zero-order valence-electron chi connectivity index (χ0n) is 13.2. The van der Waals surface area contributed by atoms with E-state index in [-0.39, 0.29) is 18.2 Å². The molecule has 0 radical (unpaired) electrons. The number of aliphatic carboxylic acids is 1. The fourth-order valence-corrected chi connectivity index (χ4v) is 3.57. The highest BCUT2D eigenvalue weighted by Crippen LogP contribution is 2.31. The molecule has 1 aliphatic heterocycles. The van der Waals surface area contributed by atoms with Crippen LogP contribution in [0, 0.1) is 5.41 Å². The molecule has 1 N–H and O–H groups in total. The number of carboxylic acids is 1. The summed E-state index contributed by atoms with van der Waals surface area (Å²) >= 11 is 1.33. The Labute approximate surface area is 143 Å². The molecule has 0 saturated carbocycles. The molecule has 1 aromatic heterocycles. The average molecular weight is 343 g/mol. The molecule has 2 heterocycles. The van der Waals surface area contributed by atoms with Crippen molar-refractivity contribution in [2.45, 2.75) is 13.3 Å². The molecule has 1 fully saturated rings. The quantitative estimate of drug-likeness (QED) is 0.866. The Balaban J connectivity index is 1.89. The normalized spacial score (nSPS) is 20.1. The Morgan fingerprint density at radius 1 is 1.12 bits per heavy atom. The van der Waals surface area contributed by atoms with E-state index in [1.807, 2.05) is 5.38 Å². The van der Waals surface area contributed by atoms with E-state index in [1.54, 1.807) is 43.3 Å². The van der Waals surface area contributed by atoms with Crippen molar-refractivity contribution in [3.8, 4) is 0 Å². The predicted octanol–water partition coefficient (Wildman–Crippen LogP) is 2.92. The van der Waals surface area contributed by atoms with E-state index in [2.05, 4.69) is 0 Å². The smallest absolute Gasteiger partial charge is 0.311 e. The van der Waals surface area contributed by atoms with Gasteiger partial charge in [0, 0.05) is 18.7 Å². The zero-order valence-corrected chi connectivity index (χ0v) is 14.0. The highest BCUT2D eigenvalue weighted by Gasteiger charge is 2.42. The molecule has 1 aliphatic rings. The van der Waals surface area contributed by atoms with E-state index in [0.29, 0.717) is 29.0 Å². The molecule has 6 heteroatoms. The standard InChI is InChI=1S/C18H17NO4S/c1-18(17(22)23)8-9-19(11-18)16(21)13-6-3-2-5-12(13)15(20)14-7-4-10-24-14/h2-7,10H,8-9,11H2,1H3,(H,22,23)/t18-/m0/s1. The van der Waals surface area contributed by atoms with Crippen molar-refractivity contribution in [3.05, 3.63) is 57.8 Å². The maximum Gasteiger partial charge on any atom is 0.311 e. The summed E-state index contributed by atoms with van der Waals surface area (Å²) < 4.78 is 0. The predicted molar refractivity (Wildman–Crippen MR) is 90.5 cm³/mol. The Morgan fingerprint density at radius 2 is 1.83 bits per heavy atom. The lowest BCUT2D eigenvalue weighted by Crippen LogP contribution is -2.35. The Kier molecular flexibility index (Phi) is 4.24. The first-order valence-corrected chi connectivity index (χ1v) is 8.50. The topological polar surface area (TPSA) is 74.7 Å². The number of hydrogen-bond acceptors (Lipinski definition) is 4. The second-order valence-corrected chi connectivity index (χ2v) is 7.14. The molecule has 124 valence electrons. The first-order chi connectivity index (χ1) is 11.4. The van der Waals surface area contributed by atoms with Crippen LogP contribution in [0.5, 0.6) is 0 Å². The Bertz CT molecular complexity index is 799. The molecule has 2 aromatic rings. The molecule has 0 unspecified atom stereocenters. The van der Waals surface area contributed by atoms with Crippen molar-refractivity contribution in [3.63, 3.8) is 0 Å². The monoisotopic (exact) mass is 343 g/mol. The third-order valence-electron chi connectivity index (χ3n) is 4.42. The van der Waals surface area contributed by atoms with Crippen molar-refractivity contribution in [2.24, 2.45) is 5.41 Å². The number of nitrogens with zero attached hydrogens (tertiary/aromatic N) is 1. The third-order valence-corrected chi connectivity index (χ3v) is 5.29. The van der Waals surface area contributed by atoms with Gasteiger partial charge in [-0.3, -0.25) is 14.4 Å². The van der Waals surface area contributed by atoms with Gasteiger partial charge in [-0.05, 0) is 30.9 Å². The second kappa shape index (κ2) is 6.20. The van der Waals surface area contributed by atoms with E-state index in [0.717, 1.165) is 0 Å². The molecule has 1 atom stereocenters. The van der Waals surface area contributed by atoms with Crippen molar-refractivity contribution in [1.29, 1.82) is 0 Å². The molecule has 24 heavy (non-hydrogen) atoms. The summed E-state index contributed by atoms with van der Waals surface area (Å²) in [6.45, 7) is 2.18. The molecule has 1 amide bonds. The summed E-state index contributed by atoms with van der Waals surface area (Å²) in [5.41, 5.74) is -0.248. The van der Waals surface area contributed by atoms with E-state index >= 15 is 0 Å². The van der Waals surface area contributed by atoms with Crippen LogP contribution in [0.2, 0.25) is 0 Å². The summed E-state index contributed by atoms with van der Waals surface area (Å²) in [5, 5.41) is 11.1.